The van der Waals surface area contributed by atoms with Gasteiger partial charge in [-0.1, -0.05) is 23.9 Å². The highest BCUT2D eigenvalue weighted by molar-refractivity contribution is 8.01. The SMILES string of the molecule is Cn1nnnc1SCC1=C(C(=O)O)N2C(=O)[C@@H](NC(=O)C(NC(=O)c3coc4c(O)c(O)ccc4c3=O)c3ccc(OCC(=O)O)cc3)[C@@H]2SC1. The van der Waals surface area contributed by atoms with Crippen molar-refractivity contribution >= 4 is 64.2 Å². The first kappa shape index (κ1) is 34.8. The molecule has 3 atom stereocenters. The number of aromatic hydroxyl groups is 2. The molecule has 2 aromatic carbocycles. The lowest BCUT2D eigenvalue weighted by Crippen LogP contribution is -2.71. The normalized spacial score (nSPS) is 17.4. The van der Waals surface area contributed by atoms with Crippen LogP contribution in [0.1, 0.15) is 22.0 Å². The largest absolute Gasteiger partial charge is 0.504 e. The number of benzene rings is 2. The van der Waals surface area contributed by atoms with Gasteiger partial charge in [0.25, 0.3) is 11.8 Å². The van der Waals surface area contributed by atoms with E-state index in [-0.39, 0.29) is 39.5 Å². The molecule has 2 aromatic heterocycles. The Labute approximate surface area is 293 Å². The number of rotatable bonds is 12. The number of amides is 3. The topological polar surface area (TPSA) is 277 Å². The van der Waals surface area contributed by atoms with E-state index in [1.165, 1.54) is 52.5 Å². The number of thioether (sulfide) groups is 2. The number of hydrogen-bond acceptors (Lipinski definition) is 15. The summed E-state index contributed by atoms with van der Waals surface area (Å²) in [7, 11) is 1.62. The second kappa shape index (κ2) is 14.0. The Morgan fingerprint density at radius 3 is 2.53 bits per heavy atom. The Morgan fingerprint density at radius 1 is 1.12 bits per heavy atom. The molecule has 264 valence electrons. The summed E-state index contributed by atoms with van der Waals surface area (Å²) in [6.45, 7) is -0.644. The van der Waals surface area contributed by atoms with Gasteiger partial charge in [0.2, 0.25) is 22.2 Å². The van der Waals surface area contributed by atoms with Crippen molar-refractivity contribution in [2.75, 3.05) is 18.1 Å². The maximum atomic E-state index is 13.8. The van der Waals surface area contributed by atoms with E-state index >= 15 is 0 Å². The standard InChI is InChI=1S/C30H25N7O12S2/c1-36-30(33-34-35-36)51-11-13-10-50-28-20(27(45)37(28)21(13)29(46)47)32-26(44)19(12-2-4-14(5-3-12)48-9-18(39)40)31-25(43)16-8-49-24-15(22(16)41)6-7-17(38)23(24)42/h2-8,19-20,28,38,42H,9-11H2,1H3,(H,31,43)(H,32,44)(H,39,40)(H,46,47)/t19?,20-,28+/m1/s1. The molecule has 6 rings (SSSR count). The summed E-state index contributed by atoms with van der Waals surface area (Å²) in [6.07, 6.45) is 0.749. The summed E-state index contributed by atoms with van der Waals surface area (Å²) in [5, 5.41) is 54.3. The third-order valence-electron chi connectivity index (χ3n) is 7.76. The van der Waals surface area contributed by atoms with Gasteiger partial charge in [-0.2, -0.15) is 0 Å². The molecular formula is C30H25N7O12S2. The van der Waals surface area contributed by atoms with Crippen molar-refractivity contribution in [1.82, 2.24) is 35.7 Å². The third kappa shape index (κ3) is 6.75. The molecule has 4 heterocycles. The van der Waals surface area contributed by atoms with Gasteiger partial charge in [-0.15, -0.1) is 16.9 Å². The van der Waals surface area contributed by atoms with Gasteiger partial charge in [-0.3, -0.25) is 24.1 Å². The number of tetrazole rings is 1. The van der Waals surface area contributed by atoms with Gasteiger partial charge < -0.3 is 40.2 Å². The van der Waals surface area contributed by atoms with Gasteiger partial charge in [0.1, 0.15) is 40.7 Å². The first-order valence-electron chi connectivity index (χ1n) is 14.6. The Hall–Kier alpha value is -6.09. The van der Waals surface area contributed by atoms with Gasteiger partial charge in [0.15, 0.2) is 17.9 Å². The van der Waals surface area contributed by atoms with Crippen molar-refractivity contribution in [3.63, 3.8) is 0 Å². The summed E-state index contributed by atoms with van der Waals surface area (Å²) >= 11 is 2.41. The number of nitrogens with one attached hydrogen (secondary N) is 2. The van der Waals surface area contributed by atoms with Crippen LogP contribution in [0.25, 0.3) is 11.0 Å². The molecule has 3 amide bonds. The number of aryl methyl sites for hydroxylation is 1. The number of nitrogens with zero attached hydrogens (tertiary/aromatic N) is 5. The lowest BCUT2D eigenvalue weighted by molar-refractivity contribution is -0.151. The third-order valence-corrected chi connectivity index (χ3v) is 10.2. The fourth-order valence-electron chi connectivity index (χ4n) is 5.27. The Kier molecular flexibility index (Phi) is 9.56. The molecule has 4 aromatic rings. The van der Waals surface area contributed by atoms with E-state index in [1.807, 2.05) is 0 Å². The van der Waals surface area contributed by atoms with E-state index in [4.69, 9.17) is 14.3 Å². The molecule has 1 saturated heterocycles. The minimum absolute atomic E-state index is 0.130. The summed E-state index contributed by atoms with van der Waals surface area (Å²) in [6, 6.07) is 4.84. The predicted molar refractivity (Wildman–Crippen MR) is 175 cm³/mol. The summed E-state index contributed by atoms with van der Waals surface area (Å²) in [5.74, 6) is -5.99. The van der Waals surface area contributed by atoms with E-state index in [0.717, 1.165) is 23.3 Å². The lowest BCUT2D eigenvalue weighted by Gasteiger charge is -2.49. The lowest BCUT2D eigenvalue weighted by atomic mass is 10.0. The van der Waals surface area contributed by atoms with Gasteiger partial charge in [0.05, 0.1) is 5.39 Å². The zero-order chi connectivity index (χ0) is 36.6. The monoisotopic (exact) mass is 739 g/mol. The van der Waals surface area contributed by atoms with Crippen LogP contribution in [0.15, 0.2) is 68.3 Å². The van der Waals surface area contributed by atoms with Gasteiger partial charge in [-0.05, 0) is 45.8 Å². The van der Waals surface area contributed by atoms with Gasteiger partial charge >= 0.3 is 11.9 Å². The van der Waals surface area contributed by atoms with E-state index in [1.54, 1.807) is 7.05 Å². The molecular weight excluding hydrogens is 715 g/mol. The molecule has 51 heavy (non-hydrogen) atoms. The molecule has 1 unspecified atom stereocenters. The zero-order valence-electron chi connectivity index (χ0n) is 26.0. The maximum absolute atomic E-state index is 13.8. The number of hydrogen-bond donors (Lipinski definition) is 6. The number of carbonyl (C=O) groups excluding carboxylic acids is 3. The molecule has 19 nitrogen and oxygen atoms in total. The minimum Gasteiger partial charge on any atom is -0.504 e. The average molecular weight is 740 g/mol. The van der Waals surface area contributed by atoms with E-state index < -0.39 is 76.2 Å². The number of phenolic OH excluding ortho intramolecular Hbond substituents is 2. The number of aliphatic carboxylic acids is 2. The summed E-state index contributed by atoms with van der Waals surface area (Å²) in [4.78, 5) is 78.1. The molecule has 0 aliphatic carbocycles. The fourth-order valence-corrected chi connectivity index (χ4v) is 7.60. The molecule has 6 N–H and O–H groups in total. The van der Waals surface area contributed by atoms with Crippen molar-refractivity contribution in [3.05, 3.63) is 75.3 Å². The molecule has 0 bridgehead atoms. The molecule has 21 heteroatoms. The summed E-state index contributed by atoms with van der Waals surface area (Å²) < 4.78 is 11.8. The maximum Gasteiger partial charge on any atom is 0.352 e. The highest BCUT2D eigenvalue weighted by atomic mass is 32.2. The molecule has 2 aliphatic rings. The quantitative estimate of drug-likeness (QED) is 0.0643. The molecule has 2 aliphatic heterocycles. The second-order valence-corrected chi connectivity index (χ2v) is 13.0. The number of ether oxygens (including phenoxy) is 1. The Bertz CT molecular complexity index is 2190. The first-order chi connectivity index (χ1) is 24.3. The van der Waals surface area contributed by atoms with Crippen LogP contribution in [0.4, 0.5) is 0 Å². The van der Waals surface area contributed by atoms with Crippen molar-refractivity contribution in [2.45, 2.75) is 22.6 Å². The molecule has 0 radical (unpaired) electrons. The average Bonchev–Trinajstić information content (AvgIpc) is 3.53. The van der Waals surface area contributed by atoms with Crippen molar-refractivity contribution in [1.29, 1.82) is 0 Å². The van der Waals surface area contributed by atoms with Crippen molar-refractivity contribution in [2.24, 2.45) is 7.05 Å². The van der Waals surface area contributed by atoms with Gasteiger partial charge in [-0.25, -0.2) is 14.3 Å². The van der Waals surface area contributed by atoms with Crippen molar-refractivity contribution in [3.8, 4) is 17.2 Å². The Morgan fingerprint density at radius 2 is 1.86 bits per heavy atom. The number of aromatic nitrogens is 4. The van der Waals surface area contributed by atoms with Gasteiger partial charge in [0, 0.05) is 18.6 Å². The first-order valence-corrected chi connectivity index (χ1v) is 16.7. The van der Waals surface area contributed by atoms with E-state index in [9.17, 15) is 44.1 Å². The smallest absolute Gasteiger partial charge is 0.352 e. The van der Waals surface area contributed by atoms with Crippen LogP contribution in [0, 0.1) is 0 Å². The number of carboxylic acid groups (broad SMARTS) is 2. The van der Waals surface area contributed by atoms with E-state index in [2.05, 4.69) is 26.2 Å². The summed E-state index contributed by atoms with van der Waals surface area (Å²) in [5.41, 5.74) is -1.45. The highest BCUT2D eigenvalue weighted by Crippen LogP contribution is 2.41. The van der Waals surface area contributed by atoms with Crippen LogP contribution in [-0.4, -0.2) is 105 Å². The van der Waals surface area contributed by atoms with Crippen LogP contribution in [0.5, 0.6) is 17.2 Å². The predicted octanol–water partition coefficient (Wildman–Crippen LogP) is 0.193. The number of phenols is 2. The van der Waals surface area contributed by atoms with Crippen LogP contribution >= 0.6 is 23.5 Å². The fraction of sp³-hybridized carbons (Fsp3) is 0.233. The molecule has 0 spiro atoms. The number of carboxylic acids is 2. The highest BCUT2D eigenvalue weighted by Gasteiger charge is 2.54. The molecule has 1 fully saturated rings. The molecule has 0 saturated carbocycles. The van der Waals surface area contributed by atoms with Crippen LogP contribution in [0.2, 0.25) is 0 Å². The van der Waals surface area contributed by atoms with Crippen LogP contribution in [0.3, 0.4) is 0 Å². The second-order valence-electron chi connectivity index (χ2n) is 11.0. The van der Waals surface area contributed by atoms with Crippen molar-refractivity contribution < 1.29 is 53.6 Å². The van der Waals surface area contributed by atoms with E-state index in [0.29, 0.717) is 10.7 Å². The number of fused-ring (bicyclic) bond motifs is 2. The van der Waals surface area contributed by atoms with Crippen LogP contribution < -0.4 is 20.8 Å². The number of carbonyl (C=O) groups is 5. The van der Waals surface area contributed by atoms with Crippen LogP contribution in [-0.2, 0) is 26.2 Å². The zero-order valence-corrected chi connectivity index (χ0v) is 27.6. The number of β-lactam (4-membered cyclic amide) rings is 1. The Balaban J connectivity index is 1.24. The minimum atomic E-state index is -1.55.